The lowest BCUT2D eigenvalue weighted by molar-refractivity contribution is -0.140. The van der Waals surface area contributed by atoms with Crippen LogP contribution in [-0.2, 0) is 9.53 Å². The van der Waals surface area contributed by atoms with Gasteiger partial charge in [-0.05, 0) is 0 Å². The fraction of sp³-hybridized carbons (Fsp3) is 0.400. The van der Waals surface area contributed by atoms with Gasteiger partial charge >= 0.3 is 5.97 Å². The van der Waals surface area contributed by atoms with Gasteiger partial charge in [-0.1, -0.05) is 17.8 Å². The van der Waals surface area contributed by atoms with Crippen LogP contribution in [0, 0.1) is 4.91 Å². The fourth-order valence-corrected chi connectivity index (χ4v) is 0.250. The molecule has 0 atom stereocenters. The van der Waals surface area contributed by atoms with Crippen molar-refractivity contribution in [2.45, 2.75) is 0 Å². The zero-order chi connectivity index (χ0) is 7.11. The van der Waals surface area contributed by atoms with Gasteiger partial charge in [-0.2, -0.15) is 4.91 Å². The monoisotopic (exact) mass is 129 g/mol. The highest BCUT2D eigenvalue weighted by Gasteiger charge is 1.97. The zero-order valence-corrected chi connectivity index (χ0v) is 4.87. The van der Waals surface area contributed by atoms with E-state index in [2.05, 4.69) is 16.5 Å². The molecule has 50 valence electrons. The minimum atomic E-state index is -0.620. The highest BCUT2D eigenvalue weighted by atomic mass is 16.5. The van der Waals surface area contributed by atoms with Crippen LogP contribution in [0.4, 0.5) is 0 Å². The Morgan fingerprint density at radius 1 is 1.78 bits per heavy atom. The highest BCUT2D eigenvalue weighted by molar-refractivity contribution is 5.71. The van der Waals surface area contributed by atoms with E-state index in [-0.39, 0.29) is 6.61 Å². The van der Waals surface area contributed by atoms with Crippen LogP contribution in [0.15, 0.2) is 17.8 Å². The second-order valence-electron chi connectivity index (χ2n) is 1.26. The summed E-state index contributed by atoms with van der Waals surface area (Å²) in [6, 6.07) is 0. The number of hydrogen-bond acceptors (Lipinski definition) is 4. The highest BCUT2D eigenvalue weighted by Crippen LogP contribution is 1.78. The standard InChI is InChI=1S/C5H7NO3/c1-2-3-9-5(7)4-6-8/h2H,1,3-4H2. The van der Waals surface area contributed by atoms with Crippen molar-refractivity contribution in [3.8, 4) is 0 Å². The first-order chi connectivity index (χ1) is 4.31. The van der Waals surface area contributed by atoms with Crippen molar-refractivity contribution < 1.29 is 9.53 Å². The first kappa shape index (κ1) is 7.81. The topological polar surface area (TPSA) is 55.7 Å². The molecule has 0 fully saturated rings. The molecular weight excluding hydrogens is 122 g/mol. The Balaban J connectivity index is 3.26. The third-order valence-electron chi connectivity index (χ3n) is 0.556. The Bertz CT molecular complexity index is 121. The van der Waals surface area contributed by atoms with Crippen LogP contribution in [0.25, 0.3) is 0 Å². The van der Waals surface area contributed by atoms with Crippen LogP contribution < -0.4 is 0 Å². The number of carbonyl (C=O) groups is 1. The molecule has 0 aromatic rings. The summed E-state index contributed by atoms with van der Waals surface area (Å²) in [6.07, 6.45) is 1.42. The summed E-state index contributed by atoms with van der Waals surface area (Å²) in [5.41, 5.74) is 0. The number of nitroso groups, excluding NO2 is 1. The molecule has 0 amide bonds. The molecule has 0 bridgehead atoms. The van der Waals surface area contributed by atoms with Crippen LogP contribution in [-0.4, -0.2) is 19.1 Å². The van der Waals surface area contributed by atoms with E-state index in [4.69, 9.17) is 0 Å². The summed E-state index contributed by atoms with van der Waals surface area (Å²) in [5, 5.41) is 2.33. The second kappa shape index (κ2) is 4.96. The van der Waals surface area contributed by atoms with Gasteiger partial charge in [0.2, 0.25) is 0 Å². The smallest absolute Gasteiger partial charge is 0.331 e. The molecule has 0 aromatic heterocycles. The Kier molecular flexibility index (Phi) is 4.30. The van der Waals surface area contributed by atoms with Gasteiger partial charge in [-0.3, -0.25) is 0 Å². The molecule has 0 saturated carbocycles. The molecule has 0 N–H and O–H groups in total. The Morgan fingerprint density at radius 3 is 2.89 bits per heavy atom. The van der Waals surface area contributed by atoms with Crippen LogP contribution in [0.2, 0.25) is 0 Å². The predicted octanol–water partition coefficient (Wildman–Crippen LogP) is 0.482. The van der Waals surface area contributed by atoms with Crippen molar-refractivity contribution in [3.05, 3.63) is 17.6 Å². The van der Waals surface area contributed by atoms with Gasteiger partial charge in [0.1, 0.15) is 6.61 Å². The van der Waals surface area contributed by atoms with Gasteiger partial charge in [0.05, 0.1) is 0 Å². The second-order valence-corrected chi connectivity index (χ2v) is 1.26. The summed E-state index contributed by atoms with van der Waals surface area (Å²) in [7, 11) is 0. The number of nitrogens with zero attached hydrogens (tertiary/aromatic N) is 1. The SMILES string of the molecule is C=CCOC(=O)CN=O. The molecule has 0 unspecified atom stereocenters. The van der Waals surface area contributed by atoms with E-state index in [1.54, 1.807) is 0 Å². The normalized spacial score (nSPS) is 8.00. The van der Waals surface area contributed by atoms with Gasteiger partial charge in [0.15, 0.2) is 6.54 Å². The molecule has 4 heteroatoms. The lowest BCUT2D eigenvalue weighted by Crippen LogP contribution is -2.06. The van der Waals surface area contributed by atoms with E-state index in [9.17, 15) is 9.70 Å². The minimum Gasteiger partial charge on any atom is -0.460 e. The molecule has 0 radical (unpaired) electrons. The quantitative estimate of drug-likeness (QED) is 0.315. The molecule has 0 aliphatic heterocycles. The molecule has 0 saturated heterocycles. The maximum absolute atomic E-state index is 10.2. The molecular formula is C5H7NO3. The molecule has 0 aliphatic rings. The summed E-state index contributed by atoms with van der Waals surface area (Å²) in [5.74, 6) is -0.620. The lowest BCUT2D eigenvalue weighted by atomic mass is 10.6. The minimum absolute atomic E-state index is 0.133. The van der Waals surface area contributed by atoms with Crippen LogP contribution in [0.5, 0.6) is 0 Å². The molecule has 9 heavy (non-hydrogen) atoms. The molecule has 4 nitrogen and oxygen atoms in total. The Morgan fingerprint density at radius 2 is 2.44 bits per heavy atom. The molecule has 0 heterocycles. The van der Waals surface area contributed by atoms with Crippen LogP contribution >= 0.6 is 0 Å². The van der Waals surface area contributed by atoms with Gasteiger partial charge in [-0.15, -0.1) is 0 Å². The lowest BCUT2D eigenvalue weighted by Gasteiger charge is -1.93. The average Bonchev–Trinajstić information content (AvgIpc) is 1.85. The average molecular weight is 129 g/mol. The van der Waals surface area contributed by atoms with E-state index >= 15 is 0 Å². The number of rotatable bonds is 4. The number of ether oxygens (including phenoxy) is 1. The summed E-state index contributed by atoms with van der Waals surface area (Å²) in [4.78, 5) is 19.6. The molecule has 0 aliphatic carbocycles. The van der Waals surface area contributed by atoms with Gasteiger partial charge in [0, 0.05) is 0 Å². The Hall–Kier alpha value is -1.19. The van der Waals surface area contributed by atoms with Crippen LogP contribution in [0.3, 0.4) is 0 Å². The summed E-state index contributed by atoms with van der Waals surface area (Å²) >= 11 is 0. The van der Waals surface area contributed by atoms with Crippen LogP contribution in [0.1, 0.15) is 0 Å². The van der Waals surface area contributed by atoms with Crippen molar-refractivity contribution in [2.24, 2.45) is 5.18 Å². The van der Waals surface area contributed by atoms with E-state index in [1.165, 1.54) is 6.08 Å². The van der Waals surface area contributed by atoms with Crippen molar-refractivity contribution in [2.75, 3.05) is 13.2 Å². The molecule has 0 spiro atoms. The van der Waals surface area contributed by atoms with Crippen molar-refractivity contribution in [1.82, 2.24) is 0 Å². The summed E-state index contributed by atoms with van der Waals surface area (Å²) in [6.45, 7) is 3.02. The van der Waals surface area contributed by atoms with E-state index in [0.29, 0.717) is 0 Å². The first-order valence-electron chi connectivity index (χ1n) is 2.37. The zero-order valence-electron chi connectivity index (χ0n) is 4.87. The number of hydrogen-bond donors (Lipinski definition) is 0. The van der Waals surface area contributed by atoms with E-state index in [1.807, 2.05) is 0 Å². The summed E-state index contributed by atoms with van der Waals surface area (Å²) < 4.78 is 4.38. The third-order valence-corrected chi connectivity index (χ3v) is 0.556. The maximum atomic E-state index is 10.2. The third kappa shape index (κ3) is 4.67. The van der Waals surface area contributed by atoms with Crippen molar-refractivity contribution >= 4 is 5.97 Å². The van der Waals surface area contributed by atoms with Gasteiger partial charge in [-0.25, -0.2) is 4.79 Å². The first-order valence-corrected chi connectivity index (χ1v) is 2.37. The van der Waals surface area contributed by atoms with E-state index < -0.39 is 12.5 Å². The van der Waals surface area contributed by atoms with Crippen molar-refractivity contribution in [3.63, 3.8) is 0 Å². The molecule has 0 aromatic carbocycles. The largest absolute Gasteiger partial charge is 0.460 e. The van der Waals surface area contributed by atoms with E-state index in [0.717, 1.165) is 0 Å². The Labute approximate surface area is 52.5 Å². The fourth-order valence-electron chi connectivity index (χ4n) is 0.250. The van der Waals surface area contributed by atoms with Crippen molar-refractivity contribution in [1.29, 1.82) is 0 Å². The predicted molar refractivity (Wildman–Crippen MR) is 31.8 cm³/mol. The number of esters is 1. The van der Waals surface area contributed by atoms with Gasteiger partial charge < -0.3 is 4.74 Å². The maximum Gasteiger partial charge on any atom is 0.331 e. The van der Waals surface area contributed by atoms with Gasteiger partial charge in [0.25, 0.3) is 0 Å². The number of carbonyl (C=O) groups excluding carboxylic acids is 1. The molecule has 0 rings (SSSR count).